The lowest BCUT2D eigenvalue weighted by molar-refractivity contribution is 0.417. The molecule has 0 atom stereocenters. The van der Waals surface area contributed by atoms with Gasteiger partial charge in [-0.05, 0) is 17.7 Å². The first-order valence-electron chi connectivity index (χ1n) is 5.67. The third-order valence-electron chi connectivity index (χ3n) is 2.84. The standard InChI is InChI=1S/C14H15NO3S/c1-18-14-11(10-6-4-3-5-7-10)8-9-12(13(14)15)19(2,16)17/h3-9H,15H2,1-2H3. The van der Waals surface area contributed by atoms with Crippen molar-refractivity contribution in [3.8, 4) is 16.9 Å². The highest BCUT2D eigenvalue weighted by Crippen LogP contribution is 2.38. The predicted molar refractivity (Wildman–Crippen MR) is 76.0 cm³/mol. The summed E-state index contributed by atoms with van der Waals surface area (Å²) in [6.07, 6.45) is 1.13. The lowest BCUT2D eigenvalue weighted by atomic mass is 10.0. The van der Waals surface area contributed by atoms with Crippen LogP contribution in [0, 0.1) is 0 Å². The topological polar surface area (TPSA) is 69.4 Å². The minimum Gasteiger partial charge on any atom is -0.494 e. The van der Waals surface area contributed by atoms with E-state index in [0.717, 1.165) is 17.4 Å². The summed E-state index contributed by atoms with van der Waals surface area (Å²) < 4.78 is 28.5. The van der Waals surface area contributed by atoms with E-state index in [1.807, 2.05) is 30.3 Å². The average molecular weight is 277 g/mol. The molecular formula is C14H15NO3S. The molecule has 0 spiro atoms. The maximum atomic E-state index is 11.6. The first-order chi connectivity index (χ1) is 8.95. The Bertz CT molecular complexity index is 694. The molecule has 100 valence electrons. The van der Waals surface area contributed by atoms with E-state index in [1.54, 1.807) is 6.07 Å². The second kappa shape index (κ2) is 4.93. The van der Waals surface area contributed by atoms with Gasteiger partial charge in [-0.15, -0.1) is 0 Å². The molecular weight excluding hydrogens is 262 g/mol. The molecule has 19 heavy (non-hydrogen) atoms. The van der Waals surface area contributed by atoms with Crippen LogP contribution in [0.4, 0.5) is 5.69 Å². The van der Waals surface area contributed by atoms with Crippen LogP contribution >= 0.6 is 0 Å². The molecule has 0 bridgehead atoms. The molecule has 0 aliphatic heterocycles. The zero-order valence-electron chi connectivity index (χ0n) is 10.8. The van der Waals surface area contributed by atoms with Crippen LogP contribution in [0.3, 0.4) is 0 Å². The number of methoxy groups -OCH3 is 1. The number of benzene rings is 2. The second-order valence-corrected chi connectivity index (χ2v) is 6.18. The number of hydrogen-bond donors (Lipinski definition) is 1. The van der Waals surface area contributed by atoms with Gasteiger partial charge in [0.15, 0.2) is 15.6 Å². The quantitative estimate of drug-likeness (QED) is 0.874. The van der Waals surface area contributed by atoms with Gasteiger partial charge in [0.05, 0.1) is 17.7 Å². The largest absolute Gasteiger partial charge is 0.494 e. The summed E-state index contributed by atoms with van der Waals surface area (Å²) in [5, 5.41) is 0. The van der Waals surface area contributed by atoms with Gasteiger partial charge in [0.1, 0.15) is 0 Å². The lowest BCUT2D eigenvalue weighted by Gasteiger charge is -2.14. The SMILES string of the molecule is COc1c(-c2ccccc2)ccc(S(C)(=O)=O)c1N. The van der Waals surface area contributed by atoms with Gasteiger partial charge in [0.2, 0.25) is 0 Å². The van der Waals surface area contributed by atoms with Crippen molar-refractivity contribution in [2.75, 3.05) is 19.1 Å². The fourth-order valence-electron chi connectivity index (χ4n) is 1.97. The molecule has 0 unspecified atom stereocenters. The molecule has 2 N–H and O–H groups in total. The van der Waals surface area contributed by atoms with Crippen LogP contribution in [0.2, 0.25) is 0 Å². The van der Waals surface area contributed by atoms with Gasteiger partial charge in [-0.1, -0.05) is 30.3 Å². The molecule has 0 saturated carbocycles. The Morgan fingerprint density at radius 3 is 2.21 bits per heavy atom. The molecule has 2 aromatic carbocycles. The fraction of sp³-hybridized carbons (Fsp3) is 0.143. The number of nitrogen functional groups attached to an aromatic ring is 1. The highest BCUT2D eigenvalue weighted by molar-refractivity contribution is 7.90. The highest BCUT2D eigenvalue weighted by Gasteiger charge is 2.18. The highest BCUT2D eigenvalue weighted by atomic mass is 32.2. The number of rotatable bonds is 3. The number of ether oxygens (including phenoxy) is 1. The first-order valence-corrected chi connectivity index (χ1v) is 7.56. The van der Waals surface area contributed by atoms with Crippen LogP contribution in [0.15, 0.2) is 47.4 Å². The monoisotopic (exact) mass is 277 g/mol. The second-order valence-electron chi connectivity index (χ2n) is 4.20. The average Bonchev–Trinajstić information content (AvgIpc) is 2.37. The van der Waals surface area contributed by atoms with Crippen molar-refractivity contribution >= 4 is 15.5 Å². The smallest absolute Gasteiger partial charge is 0.177 e. The van der Waals surface area contributed by atoms with Crippen molar-refractivity contribution in [1.29, 1.82) is 0 Å². The third-order valence-corrected chi connectivity index (χ3v) is 4.00. The molecule has 5 heteroatoms. The summed E-state index contributed by atoms with van der Waals surface area (Å²) in [5.41, 5.74) is 7.75. The van der Waals surface area contributed by atoms with Crippen molar-refractivity contribution in [3.05, 3.63) is 42.5 Å². The number of anilines is 1. The van der Waals surface area contributed by atoms with Crippen LogP contribution in [-0.4, -0.2) is 21.8 Å². The summed E-state index contributed by atoms with van der Waals surface area (Å²) in [4.78, 5) is 0.0871. The predicted octanol–water partition coefficient (Wildman–Crippen LogP) is 2.35. The van der Waals surface area contributed by atoms with Crippen LogP contribution in [-0.2, 0) is 9.84 Å². The van der Waals surface area contributed by atoms with Crippen LogP contribution in [0.5, 0.6) is 5.75 Å². The van der Waals surface area contributed by atoms with Gasteiger partial charge in [0.25, 0.3) is 0 Å². The minimum atomic E-state index is -3.37. The summed E-state index contributed by atoms with van der Waals surface area (Å²) in [7, 11) is -1.89. The van der Waals surface area contributed by atoms with E-state index in [2.05, 4.69) is 0 Å². The number of sulfone groups is 1. The molecule has 2 aromatic rings. The molecule has 0 heterocycles. The Morgan fingerprint density at radius 2 is 1.68 bits per heavy atom. The van der Waals surface area contributed by atoms with Gasteiger partial charge in [-0.2, -0.15) is 0 Å². The normalized spacial score (nSPS) is 11.3. The summed E-state index contributed by atoms with van der Waals surface area (Å²) >= 11 is 0. The first kappa shape index (κ1) is 13.4. The van der Waals surface area contributed by atoms with E-state index >= 15 is 0 Å². The summed E-state index contributed by atoms with van der Waals surface area (Å²) in [6, 6.07) is 12.8. The number of nitrogens with two attached hydrogens (primary N) is 1. The zero-order valence-corrected chi connectivity index (χ0v) is 11.6. The molecule has 0 radical (unpaired) electrons. The van der Waals surface area contributed by atoms with E-state index in [4.69, 9.17) is 10.5 Å². The van der Waals surface area contributed by atoms with Gasteiger partial charge in [0, 0.05) is 11.8 Å². The Hall–Kier alpha value is -2.01. The van der Waals surface area contributed by atoms with Gasteiger partial charge in [-0.3, -0.25) is 0 Å². The van der Waals surface area contributed by atoms with Crippen LogP contribution in [0.1, 0.15) is 0 Å². The molecule has 0 aliphatic carbocycles. The van der Waals surface area contributed by atoms with Crippen molar-refractivity contribution in [3.63, 3.8) is 0 Å². The summed E-state index contributed by atoms with van der Waals surface area (Å²) in [6.45, 7) is 0. The maximum absolute atomic E-state index is 11.6. The van der Waals surface area contributed by atoms with Crippen LogP contribution < -0.4 is 10.5 Å². The van der Waals surface area contributed by atoms with E-state index in [9.17, 15) is 8.42 Å². The van der Waals surface area contributed by atoms with Crippen molar-refractivity contribution in [1.82, 2.24) is 0 Å². The molecule has 2 rings (SSSR count). The Morgan fingerprint density at radius 1 is 1.05 bits per heavy atom. The van der Waals surface area contributed by atoms with Crippen molar-refractivity contribution in [2.24, 2.45) is 0 Å². The molecule has 0 aliphatic rings. The minimum absolute atomic E-state index is 0.0871. The maximum Gasteiger partial charge on any atom is 0.177 e. The molecule has 0 amide bonds. The molecule has 0 aromatic heterocycles. The van der Waals surface area contributed by atoms with Gasteiger partial charge >= 0.3 is 0 Å². The lowest BCUT2D eigenvalue weighted by Crippen LogP contribution is -2.05. The van der Waals surface area contributed by atoms with E-state index < -0.39 is 9.84 Å². The van der Waals surface area contributed by atoms with Gasteiger partial charge < -0.3 is 10.5 Å². The Labute approximate surface area is 112 Å². The van der Waals surface area contributed by atoms with Crippen molar-refractivity contribution < 1.29 is 13.2 Å². The fourth-order valence-corrected chi connectivity index (χ4v) is 2.78. The van der Waals surface area contributed by atoms with E-state index in [0.29, 0.717) is 5.75 Å². The summed E-state index contributed by atoms with van der Waals surface area (Å²) in [5.74, 6) is 0.383. The van der Waals surface area contributed by atoms with E-state index in [-0.39, 0.29) is 10.6 Å². The molecule has 0 fully saturated rings. The van der Waals surface area contributed by atoms with E-state index in [1.165, 1.54) is 13.2 Å². The van der Waals surface area contributed by atoms with Gasteiger partial charge in [-0.25, -0.2) is 8.42 Å². The third kappa shape index (κ3) is 2.56. The Balaban J connectivity index is 2.70. The Kier molecular flexibility index (Phi) is 3.48. The number of hydrogen-bond acceptors (Lipinski definition) is 4. The molecule has 0 saturated heterocycles. The van der Waals surface area contributed by atoms with Crippen molar-refractivity contribution in [2.45, 2.75) is 4.90 Å². The van der Waals surface area contributed by atoms with Crippen LogP contribution in [0.25, 0.3) is 11.1 Å². The zero-order chi connectivity index (χ0) is 14.0. The molecule has 4 nitrogen and oxygen atoms in total.